The summed E-state index contributed by atoms with van der Waals surface area (Å²) in [6.07, 6.45) is -4.45. The highest BCUT2D eigenvalue weighted by Crippen LogP contribution is 2.31. The second kappa shape index (κ2) is 6.81. The first kappa shape index (κ1) is 17.0. The van der Waals surface area contributed by atoms with E-state index < -0.39 is 29.4 Å². The van der Waals surface area contributed by atoms with Crippen molar-refractivity contribution in [1.29, 1.82) is 0 Å². The summed E-state index contributed by atoms with van der Waals surface area (Å²) in [6.45, 7) is 0. The molecule has 0 radical (unpaired) electrons. The zero-order valence-corrected chi connectivity index (χ0v) is 12.2. The van der Waals surface area contributed by atoms with E-state index in [2.05, 4.69) is 0 Å². The summed E-state index contributed by atoms with van der Waals surface area (Å²) >= 11 is 0. The standard InChI is InChI=1S/C17H14F4O2/c1-23-16(22)14(10-12-4-2-3-5-15(12)18)11-6-8-13(9-7-11)17(19,20)21/h2-9,14H,10H2,1H3. The van der Waals surface area contributed by atoms with Gasteiger partial charge in [-0.2, -0.15) is 13.2 Å². The number of hydrogen-bond acceptors (Lipinski definition) is 2. The first-order valence-electron chi connectivity index (χ1n) is 6.81. The molecule has 0 saturated carbocycles. The lowest BCUT2D eigenvalue weighted by Crippen LogP contribution is -2.18. The zero-order chi connectivity index (χ0) is 17.0. The number of esters is 1. The third-order valence-corrected chi connectivity index (χ3v) is 3.51. The molecule has 2 aromatic carbocycles. The van der Waals surface area contributed by atoms with E-state index in [9.17, 15) is 22.4 Å². The number of halogens is 4. The van der Waals surface area contributed by atoms with Gasteiger partial charge in [-0.15, -0.1) is 0 Å². The Labute approximate surface area is 130 Å². The molecule has 0 aromatic heterocycles. The Morgan fingerprint density at radius 2 is 1.70 bits per heavy atom. The van der Waals surface area contributed by atoms with Crippen molar-refractivity contribution >= 4 is 5.97 Å². The van der Waals surface area contributed by atoms with Crippen molar-refractivity contribution in [3.8, 4) is 0 Å². The number of benzene rings is 2. The van der Waals surface area contributed by atoms with Crippen molar-refractivity contribution in [2.45, 2.75) is 18.5 Å². The first-order chi connectivity index (χ1) is 10.8. The normalized spacial score (nSPS) is 12.7. The molecule has 1 unspecified atom stereocenters. The molecule has 0 saturated heterocycles. The predicted octanol–water partition coefficient (Wildman–Crippen LogP) is 4.34. The van der Waals surface area contributed by atoms with E-state index in [1.54, 1.807) is 6.07 Å². The Morgan fingerprint density at radius 3 is 2.22 bits per heavy atom. The Balaban J connectivity index is 2.32. The summed E-state index contributed by atoms with van der Waals surface area (Å²) in [7, 11) is 1.18. The lowest BCUT2D eigenvalue weighted by Gasteiger charge is -2.16. The highest BCUT2D eigenvalue weighted by molar-refractivity contribution is 5.78. The fourth-order valence-corrected chi connectivity index (χ4v) is 2.27. The minimum Gasteiger partial charge on any atom is -0.469 e. The van der Waals surface area contributed by atoms with Gasteiger partial charge in [0.15, 0.2) is 0 Å². The van der Waals surface area contributed by atoms with E-state index in [1.165, 1.54) is 37.4 Å². The smallest absolute Gasteiger partial charge is 0.416 e. The molecule has 122 valence electrons. The Hall–Kier alpha value is -2.37. The van der Waals surface area contributed by atoms with Crippen LogP contribution in [-0.2, 0) is 22.1 Å². The second-order valence-electron chi connectivity index (χ2n) is 4.99. The van der Waals surface area contributed by atoms with Crippen LogP contribution in [0.1, 0.15) is 22.6 Å². The molecule has 2 nitrogen and oxygen atoms in total. The Kier molecular flexibility index (Phi) is 5.03. The van der Waals surface area contributed by atoms with Crippen molar-refractivity contribution in [3.63, 3.8) is 0 Å². The molecule has 0 aliphatic heterocycles. The van der Waals surface area contributed by atoms with Crippen LogP contribution >= 0.6 is 0 Å². The Morgan fingerprint density at radius 1 is 1.09 bits per heavy atom. The molecule has 0 fully saturated rings. The molecule has 23 heavy (non-hydrogen) atoms. The average Bonchev–Trinajstić information content (AvgIpc) is 2.53. The van der Waals surface area contributed by atoms with Gasteiger partial charge >= 0.3 is 12.1 Å². The van der Waals surface area contributed by atoms with Crippen molar-refractivity contribution in [3.05, 3.63) is 71.0 Å². The molecule has 0 heterocycles. The van der Waals surface area contributed by atoms with Gasteiger partial charge in [0, 0.05) is 0 Å². The predicted molar refractivity (Wildman–Crippen MR) is 76.3 cm³/mol. The van der Waals surface area contributed by atoms with Gasteiger partial charge in [0.1, 0.15) is 5.82 Å². The summed E-state index contributed by atoms with van der Waals surface area (Å²) in [5.74, 6) is -1.99. The van der Waals surface area contributed by atoms with Gasteiger partial charge in [0.05, 0.1) is 18.6 Å². The maximum atomic E-state index is 13.8. The van der Waals surface area contributed by atoms with Crippen molar-refractivity contribution in [2.75, 3.05) is 7.11 Å². The lowest BCUT2D eigenvalue weighted by molar-refractivity contribution is -0.142. The fourth-order valence-electron chi connectivity index (χ4n) is 2.27. The molecule has 0 aliphatic rings. The van der Waals surface area contributed by atoms with Gasteiger partial charge in [0.2, 0.25) is 0 Å². The number of carbonyl (C=O) groups is 1. The fraction of sp³-hybridized carbons (Fsp3) is 0.235. The number of alkyl halides is 3. The summed E-state index contributed by atoms with van der Waals surface area (Å²) in [4.78, 5) is 11.9. The highest BCUT2D eigenvalue weighted by Gasteiger charge is 2.31. The minimum absolute atomic E-state index is 0.00467. The van der Waals surface area contributed by atoms with Gasteiger partial charge in [0.25, 0.3) is 0 Å². The summed E-state index contributed by atoms with van der Waals surface area (Å²) in [5, 5.41) is 0. The van der Waals surface area contributed by atoms with Crippen LogP contribution in [0.3, 0.4) is 0 Å². The SMILES string of the molecule is COC(=O)C(Cc1ccccc1F)c1ccc(C(F)(F)F)cc1. The van der Waals surface area contributed by atoms with E-state index >= 15 is 0 Å². The number of hydrogen-bond donors (Lipinski definition) is 0. The van der Waals surface area contributed by atoms with Gasteiger partial charge in [-0.1, -0.05) is 30.3 Å². The maximum absolute atomic E-state index is 13.8. The molecule has 2 aromatic rings. The summed E-state index contributed by atoms with van der Waals surface area (Å²) in [5.41, 5.74) is -0.174. The molecule has 0 bridgehead atoms. The van der Waals surface area contributed by atoms with Crippen molar-refractivity contribution in [2.24, 2.45) is 0 Å². The van der Waals surface area contributed by atoms with Crippen LogP contribution < -0.4 is 0 Å². The van der Waals surface area contributed by atoms with Crippen LogP contribution in [0, 0.1) is 5.82 Å². The van der Waals surface area contributed by atoms with Crippen LogP contribution in [-0.4, -0.2) is 13.1 Å². The molecule has 0 spiro atoms. The van der Waals surface area contributed by atoms with Crippen LogP contribution in [0.5, 0.6) is 0 Å². The average molecular weight is 326 g/mol. The molecule has 6 heteroatoms. The van der Waals surface area contributed by atoms with Crippen molar-refractivity contribution in [1.82, 2.24) is 0 Å². The molecular weight excluding hydrogens is 312 g/mol. The quantitative estimate of drug-likeness (QED) is 0.617. The second-order valence-corrected chi connectivity index (χ2v) is 4.99. The molecule has 1 atom stereocenters. The van der Waals surface area contributed by atoms with Gasteiger partial charge in [-0.25, -0.2) is 4.39 Å². The van der Waals surface area contributed by atoms with E-state index in [4.69, 9.17) is 4.74 Å². The third-order valence-electron chi connectivity index (χ3n) is 3.51. The monoisotopic (exact) mass is 326 g/mol. The number of carbonyl (C=O) groups excluding carboxylic acids is 1. The van der Waals surface area contributed by atoms with Gasteiger partial charge < -0.3 is 4.74 Å². The number of rotatable bonds is 4. The highest BCUT2D eigenvalue weighted by atomic mass is 19.4. The van der Waals surface area contributed by atoms with Crippen molar-refractivity contribution < 1.29 is 27.1 Å². The van der Waals surface area contributed by atoms with Crippen LogP contribution in [0.2, 0.25) is 0 Å². The first-order valence-corrected chi connectivity index (χ1v) is 6.81. The van der Waals surface area contributed by atoms with Crippen LogP contribution in [0.4, 0.5) is 17.6 Å². The maximum Gasteiger partial charge on any atom is 0.416 e. The summed E-state index contributed by atoms with van der Waals surface area (Å²) in [6, 6.07) is 10.1. The van der Waals surface area contributed by atoms with Crippen LogP contribution in [0.25, 0.3) is 0 Å². The lowest BCUT2D eigenvalue weighted by atomic mass is 9.91. The molecule has 2 rings (SSSR count). The van der Waals surface area contributed by atoms with Gasteiger partial charge in [-0.3, -0.25) is 4.79 Å². The third kappa shape index (κ3) is 4.09. The van der Waals surface area contributed by atoms with Gasteiger partial charge in [-0.05, 0) is 35.7 Å². The van der Waals surface area contributed by atoms with E-state index in [-0.39, 0.29) is 6.42 Å². The number of methoxy groups -OCH3 is 1. The van der Waals surface area contributed by atoms with Crippen LogP contribution in [0.15, 0.2) is 48.5 Å². The topological polar surface area (TPSA) is 26.3 Å². The van der Waals surface area contributed by atoms with E-state index in [0.29, 0.717) is 11.1 Å². The minimum atomic E-state index is -4.45. The number of ether oxygens (including phenoxy) is 1. The largest absolute Gasteiger partial charge is 0.469 e. The zero-order valence-electron chi connectivity index (χ0n) is 12.2. The molecule has 0 amide bonds. The summed E-state index contributed by atoms with van der Waals surface area (Å²) < 4.78 is 56.3. The Bertz CT molecular complexity index is 678. The molecule has 0 N–H and O–H groups in total. The molecule has 0 aliphatic carbocycles. The van der Waals surface area contributed by atoms with E-state index in [0.717, 1.165) is 12.1 Å². The van der Waals surface area contributed by atoms with E-state index in [1.807, 2.05) is 0 Å². The molecular formula is C17H14F4O2.